The number of hydrogen-bond acceptors (Lipinski definition) is 15. The van der Waals surface area contributed by atoms with Crippen LogP contribution in [0, 0.1) is 5.41 Å². The van der Waals surface area contributed by atoms with Crippen molar-refractivity contribution in [2.24, 2.45) is 5.41 Å². The van der Waals surface area contributed by atoms with Crippen molar-refractivity contribution >= 4 is 34.5 Å². The molecule has 0 aliphatic carbocycles. The molecule has 3 aliphatic heterocycles. The largest absolute Gasteiger partial charge is 0.497 e. The van der Waals surface area contributed by atoms with E-state index in [0.29, 0.717) is 63.5 Å². The fraction of sp³-hybridized carbons (Fsp3) is 0.700. The lowest BCUT2D eigenvalue weighted by molar-refractivity contribution is -0.338. The third-order valence-corrected chi connectivity index (χ3v) is 27.7. The minimum atomic E-state index is -2.45. The Morgan fingerprint density at radius 1 is 0.773 bits per heavy atom. The van der Waals surface area contributed by atoms with Gasteiger partial charge in [-0.3, -0.25) is 9.59 Å². The van der Waals surface area contributed by atoms with E-state index in [1.165, 1.54) is 13.2 Å². The highest BCUT2D eigenvalue weighted by Crippen LogP contribution is 2.50. The van der Waals surface area contributed by atoms with Gasteiger partial charge in [-0.15, -0.1) is 0 Å². The van der Waals surface area contributed by atoms with E-state index in [1.54, 1.807) is 14.2 Å². The Kier molecular flexibility index (Phi) is 28.9. The highest BCUT2D eigenvalue weighted by atomic mass is 28.4. The molecule has 5 rings (SSSR count). The van der Waals surface area contributed by atoms with Gasteiger partial charge in [-0.05, 0) is 111 Å². The van der Waals surface area contributed by atoms with Gasteiger partial charge in [0.2, 0.25) is 5.79 Å². The van der Waals surface area contributed by atoms with E-state index in [-0.39, 0.29) is 67.2 Å². The van der Waals surface area contributed by atoms with E-state index < -0.39 is 82.4 Å². The number of rotatable bonds is 34. The average molecular weight is 1270 g/mol. The zero-order valence-corrected chi connectivity index (χ0v) is 58.7. The van der Waals surface area contributed by atoms with Crippen LogP contribution < -0.4 is 4.74 Å². The van der Waals surface area contributed by atoms with Gasteiger partial charge in [0.1, 0.15) is 12.5 Å². The minimum Gasteiger partial charge on any atom is -0.497 e. The number of carbonyl (C=O) groups excluding carboxylic acids is 2. The summed E-state index contributed by atoms with van der Waals surface area (Å²) in [4.78, 5) is 40.0. The van der Waals surface area contributed by atoms with E-state index >= 15 is 0 Å². The first-order valence-corrected chi connectivity index (χ1v) is 38.1. The number of carbonyl (C=O) groups is 3. The van der Waals surface area contributed by atoms with Crippen molar-refractivity contribution in [3.8, 4) is 5.75 Å². The summed E-state index contributed by atoms with van der Waals surface area (Å²) in [5, 5.41) is 9.89. The van der Waals surface area contributed by atoms with Gasteiger partial charge in [0.05, 0.1) is 82.7 Å². The Labute approximate surface area is 530 Å². The highest BCUT2D eigenvalue weighted by molar-refractivity contribution is 6.74. The summed E-state index contributed by atoms with van der Waals surface area (Å²) in [6.07, 6.45) is 9.42. The molecule has 0 aromatic heterocycles. The first-order chi connectivity index (χ1) is 41.3. The number of methoxy groups -OCH3 is 3. The van der Waals surface area contributed by atoms with Crippen molar-refractivity contribution in [1.82, 2.24) is 0 Å². The molecule has 16 nitrogen and oxygen atoms in total. The van der Waals surface area contributed by atoms with E-state index in [9.17, 15) is 19.5 Å². The van der Waals surface area contributed by atoms with Gasteiger partial charge in [0.25, 0.3) is 0 Å². The van der Waals surface area contributed by atoms with Crippen LogP contribution >= 0.6 is 0 Å². The topological polar surface area (TPSA) is 182 Å². The van der Waals surface area contributed by atoms with Crippen LogP contribution in [0.1, 0.15) is 177 Å². The Morgan fingerprint density at radius 2 is 1.43 bits per heavy atom. The Bertz CT molecular complexity index is 2540. The molecule has 3 aliphatic rings. The first-order valence-electron chi connectivity index (χ1n) is 32.3. The summed E-state index contributed by atoms with van der Waals surface area (Å²) in [7, 11) is -0.181. The number of unbranched alkanes of at least 4 members (excludes halogenated alkanes) is 4. The first kappa shape index (κ1) is 74.7. The number of carboxylic acids is 1. The van der Waals surface area contributed by atoms with Crippen LogP contribution in [-0.4, -0.2) is 135 Å². The summed E-state index contributed by atoms with van der Waals surface area (Å²) in [5.74, 6) is -2.92. The SMILES string of the molecule is C=C1C[C@@H](C[C@H]2C[C@@H](O[Si](C)(C)C(C)(C)C)C[C@@H](C[C@H](CC(=O)O)OCc3ccc(OC)cc3)O2)O[C@@H](/C=C/C(C)(C)[C@]2(OC)O[C@H](C[C@@H](O[Si](C)(C)C(C)(C)C)[C@@H](C)OCOCc3ccccc3)C/C(=C\C(=O)OC)[C@@H]2OC(=O)CCCCCCC)C1. The molecule has 3 fully saturated rings. The zero-order chi connectivity index (χ0) is 65.1. The Morgan fingerprint density at radius 3 is 2.06 bits per heavy atom. The third-order valence-electron chi connectivity index (χ3n) is 18.6. The van der Waals surface area contributed by atoms with Gasteiger partial charge in [0.15, 0.2) is 22.7 Å². The van der Waals surface area contributed by atoms with E-state index in [1.807, 2.05) is 87.5 Å². The van der Waals surface area contributed by atoms with Gasteiger partial charge in [-0.25, -0.2) is 4.79 Å². The van der Waals surface area contributed by atoms with Gasteiger partial charge in [-0.2, -0.15) is 0 Å². The summed E-state index contributed by atoms with van der Waals surface area (Å²) < 4.78 is 78.4. The molecule has 0 unspecified atom stereocenters. The molecular formula is C70H112O16Si2. The molecule has 496 valence electrons. The van der Waals surface area contributed by atoms with Crippen molar-refractivity contribution < 1.29 is 75.7 Å². The van der Waals surface area contributed by atoms with Crippen LogP contribution in [0.25, 0.3) is 0 Å². The number of ether oxygens (including phenoxy) is 10. The molecule has 2 aromatic carbocycles. The summed E-state index contributed by atoms with van der Waals surface area (Å²) >= 11 is 0. The van der Waals surface area contributed by atoms with Crippen LogP contribution in [0.2, 0.25) is 36.3 Å². The molecule has 0 radical (unpaired) electrons. The third kappa shape index (κ3) is 22.7. The minimum absolute atomic E-state index is 0.0332. The van der Waals surface area contributed by atoms with Crippen LogP contribution in [0.5, 0.6) is 5.75 Å². The molecule has 2 aromatic rings. The fourth-order valence-corrected chi connectivity index (χ4v) is 14.2. The molecule has 3 saturated heterocycles. The smallest absolute Gasteiger partial charge is 0.330 e. The van der Waals surface area contributed by atoms with Crippen molar-refractivity contribution in [3.63, 3.8) is 0 Å². The predicted molar refractivity (Wildman–Crippen MR) is 349 cm³/mol. The normalized spacial score (nSPS) is 24.9. The molecule has 0 amide bonds. The van der Waals surface area contributed by atoms with Gasteiger partial charge < -0.3 is 61.3 Å². The predicted octanol–water partition coefficient (Wildman–Crippen LogP) is 15.3. The maximum absolute atomic E-state index is 14.2. The van der Waals surface area contributed by atoms with Crippen molar-refractivity contribution in [1.29, 1.82) is 0 Å². The fourth-order valence-electron chi connectivity index (χ4n) is 11.4. The molecule has 0 spiro atoms. The highest BCUT2D eigenvalue weighted by Gasteiger charge is 2.59. The molecule has 3 heterocycles. The molecule has 11 atom stereocenters. The standard InChI is InChI=1S/C70H112O16Si2/c1-19-20-21-22-26-29-64(73)83-66-53(39-65(74)76-13)38-60(44-62(86-88(17,18)68(7,8)9)50(3)80-48-78-46-51-27-24-23-25-28-51)84-70(66,77-14)69(10,11)35-34-55-36-49(2)37-57(81-55)41-59-43-61(85-87(15,16)67(4,5)6)42-58(82-59)40-56(45-63(71)72)79-47-52-30-32-54(75-12)33-31-52/h23-25,27-28,30-35,39,50,55-62,66H,2,19-22,26,29,36-38,40-48H2,1,3-18H3,(H,71,72)/b35-34+,53-39+/t50-,55+,56-,57+,58-,59+,60+,61+,62-,66+,70-/m1/s1. The van der Waals surface area contributed by atoms with Crippen LogP contribution in [0.4, 0.5) is 0 Å². The van der Waals surface area contributed by atoms with Crippen molar-refractivity contribution in [3.05, 3.63) is 102 Å². The molecule has 0 bridgehead atoms. The lowest BCUT2D eigenvalue weighted by Crippen LogP contribution is -2.63. The van der Waals surface area contributed by atoms with E-state index in [4.69, 9.17) is 56.2 Å². The number of hydrogen-bond donors (Lipinski definition) is 1. The second-order valence-corrected chi connectivity index (χ2v) is 37.8. The second-order valence-electron chi connectivity index (χ2n) is 28.3. The number of aliphatic carboxylic acids is 1. The maximum atomic E-state index is 14.2. The monoisotopic (exact) mass is 1260 g/mol. The molecule has 18 heteroatoms. The Hall–Kier alpha value is -4.06. The van der Waals surface area contributed by atoms with Crippen LogP contribution in [0.15, 0.2) is 90.6 Å². The van der Waals surface area contributed by atoms with Gasteiger partial charge in [-0.1, -0.05) is 155 Å². The summed E-state index contributed by atoms with van der Waals surface area (Å²) in [6, 6.07) is 17.5. The summed E-state index contributed by atoms with van der Waals surface area (Å²) in [5.41, 5.74) is 2.40. The second kappa shape index (κ2) is 34.0. The number of benzene rings is 2. The lowest BCUT2D eigenvalue weighted by atomic mass is 9.73. The molecule has 1 N–H and O–H groups in total. The zero-order valence-electron chi connectivity index (χ0n) is 56.7. The van der Waals surface area contributed by atoms with Crippen LogP contribution in [-0.2, 0) is 79.1 Å². The quantitative estimate of drug-likeness (QED) is 0.0174. The van der Waals surface area contributed by atoms with E-state index in [2.05, 4.69) is 81.2 Å². The molecule has 88 heavy (non-hydrogen) atoms. The van der Waals surface area contributed by atoms with Crippen LogP contribution in [0.3, 0.4) is 0 Å². The molecular weight excluding hydrogens is 1150 g/mol. The van der Waals surface area contributed by atoms with Crippen molar-refractivity contribution in [2.45, 2.75) is 282 Å². The number of carboxylic acid groups (broad SMARTS) is 1. The number of esters is 2. The van der Waals surface area contributed by atoms with Gasteiger partial charge in [0, 0.05) is 50.4 Å². The van der Waals surface area contributed by atoms with Crippen molar-refractivity contribution in [2.75, 3.05) is 28.1 Å². The lowest BCUT2D eigenvalue weighted by Gasteiger charge is -2.53. The Balaban J connectivity index is 1.46. The average Bonchev–Trinajstić information content (AvgIpc) is 1.05. The van der Waals surface area contributed by atoms with E-state index in [0.717, 1.165) is 48.1 Å². The summed E-state index contributed by atoms with van der Waals surface area (Å²) in [6.45, 7) is 35.6. The molecule has 0 saturated carbocycles. The maximum Gasteiger partial charge on any atom is 0.330 e. The van der Waals surface area contributed by atoms with Gasteiger partial charge >= 0.3 is 17.9 Å².